The fourth-order valence-corrected chi connectivity index (χ4v) is 3.68. The van der Waals surface area contributed by atoms with E-state index in [-0.39, 0.29) is 22.7 Å². The van der Waals surface area contributed by atoms with E-state index in [9.17, 15) is 9.59 Å². The van der Waals surface area contributed by atoms with Gasteiger partial charge in [0.05, 0.1) is 17.0 Å². The molecule has 2 amide bonds. The lowest BCUT2D eigenvalue weighted by molar-refractivity contribution is -0.115. The molecule has 1 aliphatic rings. The average molecular weight is 461 g/mol. The van der Waals surface area contributed by atoms with Crippen LogP contribution >= 0.6 is 35.0 Å². The number of hydrogen-bond acceptors (Lipinski definition) is 5. The molecule has 0 unspecified atom stereocenters. The Morgan fingerprint density at radius 2 is 2.03 bits per heavy atom. The van der Waals surface area contributed by atoms with Gasteiger partial charge in [0, 0.05) is 10.6 Å². The molecule has 0 aliphatic carbocycles. The first-order valence-corrected chi connectivity index (χ1v) is 10.0. The zero-order valence-corrected chi connectivity index (χ0v) is 17.9. The summed E-state index contributed by atoms with van der Waals surface area (Å²) in [6, 6.07) is 9.58. The maximum absolute atomic E-state index is 12.3. The Labute approximate surface area is 187 Å². The second-order valence-electron chi connectivity index (χ2n) is 5.82. The van der Waals surface area contributed by atoms with Gasteiger partial charge >= 0.3 is 0 Å². The molecule has 2 aromatic rings. The van der Waals surface area contributed by atoms with Crippen LogP contribution in [0.4, 0.5) is 0 Å². The van der Waals surface area contributed by atoms with Gasteiger partial charge < -0.3 is 14.8 Å². The predicted molar refractivity (Wildman–Crippen MR) is 119 cm³/mol. The van der Waals surface area contributed by atoms with Crippen molar-refractivity contribution in [2.75, 3.05) is 13.7 Å². The third kappa shape index (κ3) is 5.16. The zero-order valence-electron chi connectivity index (χ0n) is 15.6. The molecule has 1 saturated heterocycles. The van der Waals surface area contributed by atoms with Gasteiger partial charge in [-0.1, -0.05) is 29.1 Å². The highest BCUT2D eigenvalue weighted by Gasteiger charge is 2.25. The van der Waals surface area contributed by atoms with E-state index in [1.165, 1.54) is 7.11 Å². The summed E-state index contributed by atoms with van der Waals surface area (Å²) in [7, 11) is 1.47. The van der Waals surface area contributed by atoms with Crippen LogP contribution in [0.1, 0.15) is 15.9 Å². The number of nitrogens with zero attached hydrogens (tertiary/aromatic N) is 1. The van der Waals surface area contributed by atoms with Crippen molar-refractivity contribution in [2.45, 2.75) is 0 Å². The highest BCUT2D eigenvalue weighted by molar-refractivity contribution is 8.18. The number of halogens is 2. The molecule has 3 rings (SSSR count). The molecule has 0 atom stereocenters. The molecule has 1 heterocycles. The number of carbonyl (C=O) groups excluding carboxylic acids is 2. The molecule has 1 N–H and O–H groups in total. The topological polar surface area (TPSA) is 77.0 Å². The molecule has 0 spiro atoms. The number of amides is 2. The molecule has 6 nitrogen and oxygen atoms in total. The molecule has 1 aliphatic heterocycles. The lowest BCUT2D eigenvalue weighted by Gasteiger charge is -2.11. The Morgan fingerprint density at radius 1 is 1.30 bits per heavy atom. The number of benzene rings is 2. The summed E-state index contributed by atoms with van der Waals surface area (Å²) in [5.41, 5.74) is 0.964. The number of ether oxygens (including phenoxy) is 2. The van der Waals surface area contributed by atoms with Crippen LogP contribution < -0.4 is 14.8 Å². The van der Waals surface area contributed by atoms with Crippen molar-refractivity contribution >= 4 is 58.0 Å². The van der Waals surface area contributed by atoms with Crippen molar-refractivity contribution in [1.82, 2.24) is 5.32 Å². The average Bonchev–Trinajstić information content (AvgIpc) is 3.05. The van der Waals surface area contributed by atoms with Gasteiger partial charge in [-0.3, -0.25) is 9.59 Å². The molecule has 0 aromatic heterocycles. The van der Waals surface area contributed by atoms with Gasteiger partial charge in [0.25, 0.3) is 11.8 Å². The number of methoxy groups -OCH3 is 1. The van der Waals surface area contributed by atoms with Crippen LogP contribution in [0.2, 0.25) is 10.0 Å². The van der Waals surface area contributed by atoms with Gasteiger partial charge in [-0.25, -0.2) is 0 Å². The van der Waals surface area contributed by atoms with Gasteiger partial charge in [0.2, 0.25) is 0 Å². The van der Waals surface area contributed by atoms with Crippen LogP contribution in [-0.2, 0) is 4.79 Å². The Kier molecular flexibility index (Phi) is 7.06. The van der Waals surface area contributed by atoms with Crippen molar-refractivity contribution in [3.8, 4) is 23.8 Å². The molecule has 0 radical (unpaired) electrons. The first-order chi connectivity index (χ1) is 14.4. The number of aliphatic imine (C=N–C) groups is 1. The van der Waals surface area contributed by atoms with E-state index in [1.807, 2.05) is 0 Å². The van der Waals surface area contributed by atoms with E-state index < -0.39 is 5.91 Å². The Bertz CT molecular complexity index is 1110. The van der Waals surface area contributed by atoms with Crippen LogP contribution in [0.15, 0.2) is 46.3 Å². The lowest BCUT2D eigenvalue weighted by atomic mass is 10.2. The van der Waals surface area contributed by atoms with Gasteiger partial charge in [0.15, 0.2) is 16.7 Å². The smallest absolute Gasteiger partial charge is 0.279 e. The number of amidine groups is 1. The molecule has 30 heavy (non-hydrogen) atoms. The van der Waals surface area contributed by atoms with E-state index in [0.29, 0.717) is 32.6 Å². The van der Waals surface area contributed by atoms with Crippen molar-refractivity contribution in [2.24, 2.45) is 4.99 Å². The molecule has 1 fully saturated rings. The van der Waals surface area contributed by atoms with Gasteiger partial charge in [-0.05, 0) is 59.8 Å². The molecule has 9 heteroatoms. The van der Waals surface area contributed by atoms with Crippen LogP contribution in [0, 0.1) is 12.3 Å². The first-order valence-electron chi connectivity index (χ1n) is 8.44. The first kappa shape index (κ1) is 21.8. The molecule has 0 saturated carbocycles. The summed E-state index contributed by atoms with van der Waals surface area (Å²) in [6.45, 7) is 0.0379. The minimum absolute atomic E-state index is 0.0379. The Morgan fingerprint density at radius 3 is 2.70 bits per heavy atom. The fraction of sp³-hybridized carbons (Fsp3) is 0.0952. The molecule has 2 aromatic carbocycles. The summed E-state index contributed by atoms with van der Waals surface area (Å²) < 4.78 is 10.7. The van der Waals surface area contributed by atoms with Crippen molar-refractivity contribution < 1.29 is 19.1 Å². The van der Waals surface area contributed by atoms with Crippen molar-refractivity contribution in [3.63, 3.8) is 0 Å². The van der Waals surface area contributed by atoms with E-state index in [1.54, 1.807) is 42.5 Å². The predicted octanol–water partition coefficient (Wildman–Crippen LogP) is 4.41. The van der Waals surface area contributed by atoms with E-state index in [4.69, 9.17) is 39.1 Å². The van der Waals surface area contributed by atoms with E-state index >= 15 is 0 Å². The summed E-state index contributed by atoms with van der Waals surface area (Å²) >= 11 is 13.1. The van der Waals surface area contributed by atoms with E-state index in [2.05, 4.69) is 16.2 Å². The van der Waals surface area contributed by atoms with E-state index in [0.717, 1.165) is 11.8 Å². The highest BCUT2D eigenvalue weighted by Crippen LogP contribution is 2.38. The van der Waals surface area contributed by atoms with Crippen LogP contribution in [-0.4, -0.2) is 30.7 Å². The SMILES string of the molecule is C#CCOc1c(Cl)cc(/C=C2\SC(=NC(=O)c3ccc(Cl)cc3)NC2=O)cc1OC. The summed E-state index contributed by atoms with van der Waals surface area (Å²) in [5.74, 6) is 2.18. The maximum atomic E-state index is 12.3. The second kappa shape index (κ2) is 9.72. The minimum atomic E-state index is -0.490. The van der Waals surface area contributed by atoms with Crippen molar-refractivity contribution in [3.05, 3.63) is 62.5 Å². The zero-order chi connectivity index (χ0) is 21.7. The third-order valence-electron chi connectivity index (χ3n) is 3.79. The van der Waals surface area contributed by atoms with Gasteiger partial charge in [-0.2, -0.15) is 4.99 Å². The third-order valence-corrected chi connectivity index (χ3v) is 5.24. The normalized spacial score (nSPS) is 15.7. The summed E-state index contributed by atoms with van der Waals surface area (Å²) in [6.07, 6.45) is 6.81. The summed E-state index contributed by atoms with van der Waals surface area (Å²) in [4.78, 5) is 28.8. The lowest BCUT2D eigenvalue weighted by Crippen LogP contribution is -2.20. The number of thioether (sulfide) groups is 1. The highest BCUT2D eigenvalue weighted by atomic mass is 35.5. The maximum Gasteiger partial charge on any atom is 0.279 e. The molecular weight excluding hydrogens is 447 g/mol. The summed E-state index contributed by atoms with van der Waals surface area (Å²) in [5, 5.41) is 3.54. The van der Waals surface area contributed by atoms with Gasteiger partial charge in [-0.15, -0.1) is 6.42 Å². The fourth-order valence-electron chi connectivity index (χ4n) is 2.46. The van der Waals surface area contributed by atoms with Crippen LogP contribution in [0.3, 0.4) is 0 Å². The second-order valence-corrected chi connectivity index (χ2v) is 7.69. The monoisotopic (exact) mass is 460 g/mol. The largest absolute Gasteiger partial charge is 0.493 e. The molecule has 152 valence electrons. The van der Waals surface area contributed by atoms with Crippen LogP contribution in [0.25, 0.3) is 6.08 Å². The standard InChI is InChI=1S/C21H14Cl2N2O4S/c1-3-8-29-18-15(23)9-12(10-16(18)28-2)11-17-20(27)25-21(30-17)24-19(26)13-4-6-14(22)7-5-13/h1,4-7,9-11H,8H2,2H3,(H,24,25,26,27)/b17-11-. The van der Waals surface area contributed by atoms with Crippen molar-refractivity contribution in [1.29, 1.82) is 0 Å². The van der Waals surface area contributed by atoms with Crippen LogP contribution in [0.5, 0.6) is 11.5 Å². The molecule has 0 bridgehead atoms. The Hall–Kier alpha value is -2.92. The number of nitrogens with one attached hydrogen (secondary N) is 1. The minimum Gasteiger partial charge on any atom is -0.493 e. The number of terminal acetylenes is 1. The van der Waals surface area contributed by atoms with Gasteiger partial charge in [0.1, 0.15) is 6.61 Å². The Balaban J connectivity index is 1.82. The number of rotatable bonds is 5. The number of hydrogen-bond donors (Lipinski definition) is 1. The molecular formula is C21H14Cl2N2O4S. The number of carbonyl (C=O) groups is 2. The quantitative estimate of drug-likeness (QED) is 0.527.